The SMILES string of the molecule is CC1(CC#N)CCC(C2CCC2)O1. The molecule has 0 radical (unpaired) electrons. The second-order valence-electron chi connectivity index (χ2n) is 4.67. The average Bonchev–Trinajstić information content (AvgIpc) is 2.29. The normalized spacial score (nSPS) is 39.8. The van der Waals surface area contributed by atoms with Crippen LogP contribution < -0.4 is 0 Å². The van der Waals surface area contributed by atoms with Gasteiger partial charge in [-0.25, -0.2) is 0 Å². The van der Waals surface area contributed by atoms with Crippen molar-refractivity contribution >= 4 is 0 Å². The lowest BCUT2D eigenvalue weighted by Crippen LogP contribution is -2.30. The molecule has 1 saturated carbocycles. The Bertz CT molecular complexity index is 229. The van der Waals surface area contributed by atoms with Gasteiger partial charge in [-0.3, -0.25) is 0 Å². The molecule has 2 rings (SSSR count). The van der Waals surface area contributed by atoms with Crippen LogP contribution in [0.25, 0.3) is 0 Å². The van der Waals surface area contributed by atoms with Gasteiger partial charge in [0.25, 0.3) is 0 Å². The van der Waals surface area contributed by atoms with Crippen LogP contribution in [0.3, 0.4) is 0 Å². The lowest BCUT2D eigenvalue weighted by molar-refractivity contribution is -0.0636. The number of hydrogen-bond acceptors (Lipinski definition) is 2. The van der Waals surface area contributed by atoms with E-state index in [2.05, 4.69) is 13.0 Å². The van der Waals surface area contributed by atoms with Crippen LogP contribution in [0.4, 0.5) is 0 Å². The molecule has 0 aromatic rings. The van der Waals surface area contributed by atoms with E-state index in [0.29, 0.717) is 12.5 Å². The van der Waals surface area contributed by atoms with Crippen molar-refractivity contribution in [1.82, 2.24) is 0 Å². The highest BCUT2D eigenvalue weighted by Crippen LogP contribution is 2.42. The highest BCUT2D eigenvalue weighted by atomic mass is 16.5. The van der Waals surface area contributed by atoms with E-state index in [0.717, 1.165) is 12.3 Å². The van der Waals surface area contributed by atoms with Crippen LogP contribution in [-0.4, -0.2) is 11.7 Å². The van der Waals surface area contributed by atoms with E-state index >= 15 is 0 Å². The Morgan fingerprint density at radius 3 is 2.77 bits per heavy atom. The molecule has 1 saturated heterocycles. The van der Waals surface area contributed by atoms with Gasteiger partial charge in [-0.1, -0.05) is 6.42 Å². The monoisotopic (exact) mass is 179 g/mol. The summed E-state index contributed by atoms with van der Waals surface area (Å²) in [5.74, 6) is 0.806. The Balaban J connectivity index is 1.89. The zero-order chi connectivity index (χ0) is 9.31. The molecule has 13 heavy (non-hydrogen) atoms. The average molecular weight is 179 g/mol. The van der Waals surface area contributed by atoms with E-state index < -0.39 is 0 Å². The van der Waals surface area contributed by atoms with Gasteiger partial charge >= 0.3 is 0 Å². The summed E-state index contributed by atoms with van der Waals surface area (Å²) in [6, 6.07) is 2.22. The molecule has 1 heterocycles. The third-order valence-electron chi connectivity index (χ3n) is 3.52. The summed E-state index contributed by atoms with van der Waals surface area (Å²) in [5.41, 5.74) is -0.130. The second-order valence-corrected chi connectivity index (χ2v) is 4.67. The summed E-state index contributed by atoms with van der Waals surface area (Å²) in [4.78, 5) is 0. The first-order valence-electron chi connectivity index (χ1n) is 5.28. The van der Waals surface area contributed by atoms with Crippen LogP contribution in [0, 0.1) is 17.2 Å². The number of nitrogens with zero attached hydrogens (tertiary/aromatic N) is 1. The standard InChI is InChI=1S/C11H17NO/c1-11(7-8-12)6-5-10(13-11)9-3-2-4-9/h9-10H,2-7H2,1H3. The number of ether oxygens (including phenoxy) is 1. The summed E-state index contributed by atoms with van der Waals surface area (Å²) in [7, 11) is 0. The maximum Gasteiger partial charge on any atom is 0.0788 e. The first kappa shape index (κ1) is 9.02. The van der Waals surface area contributed by atoms with Crippen molar-refractivity contribution in [2.24, 2.45) is 5.92 Å². The Labute approximate surface area is 79.9 Å². The summed E-state index contributed by atoms with van der Waals surface area (Å²) < 4.78 is 5.97. The smallest absolute Gasteiger partial charge is 0.0788 e. The predicted octanol–water partition coefficient (Wildman–Crippen LogP) is 2.64. The molecule has 2 heteroatoms. The summed E-state index contributed by atoms with van der Waals surface area (Å²) in [6.07, 6.45) is 7.31. The Morgan fingerprint density at radius 2 is 2.23 bits per heavy atom. The fraction of sp³-hybridized carbons (Fsp3) is 0.909. The largest absolute Gasteiger partial charge is 0.371 e. The molecule has 0 bridgehead atoms. The molecule has 0 aromatic heterocycles. The molecule has 0 spiro atoms. The predicted molar refractivity (Wildman–Crippen MR) is 50.1 cm³/mol. The molecule has 0 N–H and O–H groups in total. The minimum Gasteiger partial charge on any atom is -0.371 e. The minimum atomic E-state index is -0.130. The van der Waals surface area contributed by atoms with Gasteiger partial charge in [-0.15, -0.1) is 0 Å². The molecule has 1 aliphatic carbocycles. The molecule has 0 amide bonds. The Kier molecular flexibility index (Phi) is 2.29. The molecule has 72 valence electrons. The van der Waals surface area contributed by atoms with Gasteiger partial charge < -0.3 is 4.74 Å². The molecule has 2 atom stereocenters. The van der Waals surface area contributed by atoms with Crippen LogP contribution in [0.2, 0.25) is 0 Å². The first-order valence-corrected chi connectivity index (χ1v) is 5.28. The minimum absolute atomic E-state index is 0.130. The summed E-state index contributed by atoms with van der Waals surface area (Å²) in [6.45, 7) is 2.08. The third kappa shape index (κ3) is 1.71. The molecule has 2 unspecified atom stereocenters. The van der Waals surface area contributed by atoms with Gasteiger partial charge in [-0.2, -0.15) is 5.26 Å². The van der Waals surface area contributed by atoms with Crippen molar-refractivity contribution in [1.29, 1.82) is 5.26 Å². The van der Waals surface area contributed by atoms with Gasteiger partial charge in [0, 0.05) is 0 Å². The van der Waals surface area contributed by atoms with Gasteiger partial charge in [0.15, 0.2) is 0 Å². The van der Waals surface area contributed by atoms with Gasteiger partial charge in [-0.05, 0) is 38.5 Å². The molecule has 2 fully saturated rings. The van der Waals surface area contributed by atoms with Crippen molar-refractivity contribution in [2.45, 2.75) is 57.2 Å². The maximum atomic E-state index is 8.66. The Hall–Kier alpha value is -0.550. The van der Waals surface area contributed by atoms with Crippen LogP contribution in [-0.2, 0) is 4.74 Å². The maximum absolute atomic E-state index is 8.66. The van der Waals surface area contributed by atoms with Crippen molar-refractivity contribution in [3.8, 4) is 6.07 Å². The lowest BCUT2D eigenvalue weighted by atomic mass is 9.80. The van der Waals surface area contributed by atoms with Crippen molar-refractivity contribution in [3.05, 3.63) is 0 Å². The van der Waals surface area contributed by atoms with Crippen LogP contribution in [0.1, 0.15) is 45.4 Å². The quantitative estimate of drug-likeness (QED) is 0.652. The van der Waals surface area contributed by atoms with E-state index in [4.69, 9.17) is 10.00 Å². The van der Waals surface area contributed by atoms with Crippen LogP contribution in [0.5, 0.6) is 0 Å². The highest BCUT2D eigenvalue weighted by molar-refractivity contribution is 4.95. The highest BCUT2D eigenvalue weighted by Gasteiger charge is 2.40. The number of nitriles is 1. The van der Waals surface area contributed by atoms with E-state index in [1.165, 1.54) is 25.7 Å². The zero-order valence-corrected chi connectivity index (χ0v) is 8.25. The van der Waals surface area contributed by atoms with Crippen molar-refractivity contribution in [2.75, 3.05) is 0 Å². The Morgan fingerprint density at radius 1 is 1.46 bits per heavy atom. The van der Waals surface area contributed by atoms with Crippen LogP contribution in [0.15, 0.2) is 0 Å². The topological polar surface area (TPSA) is 33.0 Å². The zero-order valence-electron chi connectivity index (χ0n) is 8.25. The lowest BCUT2D eigenvalue weighted by Gasteiger charge is -2.32. The van der Waals surface area contributed by atoms with E-state index in [1.807, 2.05) is 0 Å². The van der Waals surface area contributed by atoms with Crippen molar-refractivity contribution < 1.29 is 4.74 Å². The molecular formula is C11H17NO. The summed E-state index contributed by atoms with van der Waals surface area (Å²) in [5, 5.41) is 8.66. The molecule has 1 aliphatic heterocycles. The molecule has 0 aromatic carbocycles. The van der Waals surface area contributed by atoms with Gasteiger partial charge in [0.2, 0.25) is 0 Å². The molecule has 2 aliphatic rings. The summed E-state index contributed by atoms with van der Waals surface area (Å²) >= 11 is 0. The number of rotatable bonds is 2. The fourth-order valence-corrected chi connectivity index (χ4v) is 2.37. The van der Waals surface area contributed by atoms with Gasteiger partial charge in [0.1, 0.15) is 0 Å². The fourth-order valence-electron chi connectivity index (χ4n) is 2.37. The van der Waals surface area contributed by atoms with Crippen molar-refractivity contribution in [3.63, 3.8) is 0 Å². The first-order chi connectivity index (χ1) is 6.23. The number of hydrogen-bond donors (Lipinski definition) is 0. The van der Waals surface area contributed by atoms with E-state index in [-0.39, 0.29) is 5.60 Å². The molecule has 2 nitrogen and oxygen atoms in total. The van der Waals surface area contributed by atoms with E-state index in [9.17, 15) is 0 Å². The second kappa shape index (κ2) is 3.31. The molecular weight excluding hydrogens is 162 g/mol. The third-order valence-corrected chi connectivity index (χ3v) is 3.52. The van der Waals surface area contributed by atoms with E-state index in [1.54, 1.807) is 0 Å². The van der Waals surface area contributed by atoms with Gasteiger partial charge in [0.05, 0.1) is 24.2 Å². The van der Waals surface area contributed by atoms with Crippen LogP contribution >= 0.6 is 0 Å².